The molecule has 2 amide bonds. The summed E-state index contributed by atoms with van der Waals surface area (Å²) in [5.74, 6) is -0.451. The van der Waals surface area contributed by atoms with Gasteiger partial charge >= 0.3 is 0 Å². The first-order valence-electron chi connectivity index (χ1n) is 8.90. The minimum Gasteiger partial charge on any atom is -0.334 e. The van der Waals surface area contributed by atoms with Gasteiger partial charge in [-0.25, -0.2) is 8.42 Å². The van der Waals surface area contributed by atoms with E-state index >= 15 is 0 Å². The number of anilines is 1. The van der Waals surface area contributed by atoms with E-state index in [2.05, 4.69) is 5.32 Å². The van der Waals surface area contributed by atoms with Gasteiger partial charge in [0.15, 0.2) is 0 Å². The summed E-state index contributed by atoms with van der Waals surface area (Å²) in [4.78, 5) is 27.0. The number of hydrogen-bond donors (Lipinski definition) is 1. The summed E-state index contributed by atoms with van der Waals surface area (Å²) >= 11 is 1.69. The Morgan fingerprint density at radius 1 is 1.25 bits per heavy atom. The predicted octanol–water partition coefficient (Wildman–Crippen LogP) is 2.47. The maximum Gasteiger partial charge on any atom is 0.243 e. The van der Waals surface area contributed by atoms with Crippen LogP contribution in [0.4, 0.5) is 5.69 Å². The van der Waals surface area contributed by atoms with Crippen LogP contribution in [0.3, 0.4) is 0 Å². The molecule has 2 aromatic rings. The summed E-state index contributed by atoms with van der Waals surface area (Å²) in [5, 5.41) is 4.62. The second-order valence-corrected chi connectivity index (χ2v) is 9.82. The molecule has 150 valence electrons. The smallest absolute Gasteiger partial charge is 0.243 e. The Bertz CT molecular complexity index is 983. The molecule has 3 rings (SSSR count). The van der Waals surface area contributed by atoms with Crippen LogP contribution in [0.15, 0.2) is 40.6 Å². The summed E-state index contributed by atoms with van der Waals surface area (Å²) in [6.07, 6.45) is 0.796. The fourth-order valence-corrected chi connectivity index (χ4v) is 5.39. The second-order valence-electron chi connectivity index (χ2n) is 6.78. The van der Waals surface area contributed by atoms with Gasteiger partial charge in [-0.2, -0.15) is 4.31 Å². The predicted molar refractivity (Wildman–Crippen MR) is 109 cm³/mol. The van der Waals surface area contributed by atoms with Crippen LogP contribution in [0.2, 0.25) is 0 Å². The van der Waals surface area contributed by atoms with E-state index < -0.39 is 10.0 Å². The third kappa shape index (κ3) is 4.11. The van der Waals surface area contributed by atoms with Gasteiger partial charge in [-0.15, -0.1) is 11.3 Å². The van der Waals surface area contributed by atoms with Gasteiger partial charge in [0.25, 0.3) is 0 Å². The highest BCUT2D eigenvalue weighted by molar-refractivity contribution is 7.89. The molecule has 1 N–H and O–H groups in total. The SMILES string of the molecule is CC(=O)Nc1ccc(S(=O)(=O)N(C)CC(=O)N2CCc3sccc3[C@H]2C)cc1. The molecule has 28 heavy (non-hydrogen) atoms. The first kappa shape index (κ1) is 20.5. The van der Waals surface area contributed by atoms with Crippen molar-refractivity contribution in [3.63, 3.8) is 0 Å². The van der Waals surface area contributed by atoms with Crippen molar-refractivity contribution in [1.82, 2.24) is 9.21 Å². The zero-order valence-corrected chi connectivity index (χ0v) is 17.6. The van der Waals surface area contributed by atoms with E-state index in [1.165, 1.54) is 43.1 Å². The maximum atomic E-state index is 12.8. The molecule has 0 radical (unpaired) electrons. The molecule has 0 spiro atoms. The number of sulfonamides is 1. The number of amides is 2. The quantitative estimate of drug-likeness (QED) is 0.804. The molecule has 1 aromatic heterocycles. The fraction of sp³-hybridized carbons (Fsp3) is 0.368. The molecule has 0 saturated carbocycles. The van der Waals surface area contributed by atoms with Gasteiger partial charge in [0.05, 0.1) is 17.5 Å². The minimum absolute atomic E-state index is 0.0597. The number of rotatable bonds is 5. The van der Waals surface area contributed by atoms with Crippen molar-refractivity contribution < 1.29 is 18.0 Å². The lowest BCUT2D eigenvalue weighted by Gasteiger charge is -2.34. The van der Waals surface area contributed by atoms with Crippen LogP contribution in [-0.2, 0) is 26.0 Å². The Kier molecular flexibility index (Phi) is 5.87. The van der Waals surface area contributed by atoms with Crippen molar-refractivity contribution in [1.29, 1.82) is 0 Å². The van der Waals surface area contributed by atoms with Gasteiger partial charge < -0.3 is 10.2 Å². The molecule has 0 saturated heterocycles. The van der Waals surface area contributed by atoms with E-state index in [9.17, 15) is 18.0 Å². The van der Waals surface area contributed by atoms with E-state index in [0.29, 0.717) is 12.2 Å². The topological polar surface area (TPSA) is 86.8 Å². The van der Waals surface area contributed by atoms with E-state index in [4.69, 9.17) is 0 Å². The standard InChI is InChI=1S/C19H23N3O4S2/c1-13-17-9-11-27-18(17)8-10-22(13)19(24)12-21(3)28(25,26)16-6-4-15(5-7-16)20-14(2)23/h4-7,9,11,13H,8,10,12H2,1-3H3,(H,20,23)/t13-/m1/s1. The van der Waals surface area contributed by atoms with Crippen LogP contribution in [0.1, 0.15) is 30.3 Å². The normalized spacial score (nSPS) is 16.7. The zero-order chi connectivity index (χ0) is 20.5. The lowest BCUT2D eigenvalue weighted by atomic mass is 10.0. The average molecular weight is 422 g/mol. The van der Waals surface area contributed by atoms with Crippen molar-refractivity contribution >= 4 is 38.9 Å². The van der Waals surface area contributed by atoms with Crippen LogP contribution >= 0.6 is 11.3 Å². The Morgan fingerprint density at radius 3 is 2.57 bits per heavy atom. The van der Waals surface area contributed by atoms with Gasteiger partial charge in [-0.3, -0.25) is 9.59 Å². The molecule has 7 nitrogen and oxygen atoms in total. The molecule has 1 aromatic carbocycles. The monoisotopic (exact) mass is 421 g/mol. The summed E-state index contributed by atoms with van der Waals surface area (Å²) in [6, 6.07) is 7.85. The lowest BCUT2D eigenvalue weighted by Crippen LogP contribution is -2.44. The van der Waals surface area contributed by atoms with E-state index in [1.54, 1.807) is 16.2 Å². The Hall–Kier alpha value is -2.23. The zero-order valence-electron chi connectivity index (χ0n) is 16.0. The second kappa shape index (κ2) is 8.02. The summed E-state index contributed by atoms with van der Waals surface area (Å²) < 4.78 is 26.7. The first-order valence-corrected chi connectivity index (χ1v) is 11.2. The summed E-state index contributed by atoms with van der Waals surface area (Å²) in [5.41, 5.74) is 1.66. The third-order valence-corrected chi connectivity index (χ3v) is 7.65. The number of nitrogens with one attached hydrogen (secondary N) is 1. The van der Waals surface area contributed by atoms with Gasteiger partial charge in [0.1, 0.15) is 0 Å². The van der Waals surface area contributed by atoms with Crippen molar-refractivity contribution in [2.45, 2.75) is 31.2 Å². The molecule has 0 unspecified atom stereocenters. The van der Waals surface area contributed by atoms with Crippen LogP contribution in [0, 0.1) is 0 Å². The molecule has 0 fully saturated rings. The van der Waals surface area contributed by atoms with Crippen LogP contribution < -0.4 is 5.32 Å². The molecule has 2 heterocycles. The lowest BCUT2D eigenvalue weighted by molar-refractivity contribution is -0.133. The van der Waals surface area contributed by atoms with Gasteiger partial charge in [0.2, 0.25) is 21.8 Å². The number of benzene rings is 1. The van der Waals surface area contributed by atoms with Gasteiger partial charge in [0, 0.05) is 31.1 Å². The molecular formula is C19H23N3O4S2. The average Bonchev–Trinajstić information content (AvgIpc) is 3.11. The summed E-state index contributed by atoms with van der Waals surface area (Å²) in [6.45, 7) is 3.72. The maximum absolute atomic E-state index is 12.8. The van der Waals surface area contributed by atoms with Crippen molar-refractivity contribution in [2.24, 2.45) is 0 Å². The Balaban J connectivity index is 1.70. The van der Waals surface area contributed by atoms with E-state index in [-0.39, 0.29) is 29.3 Å². The number of nitrogens with zero attached hydrogens (tertiary/aromatic N) is 2. The largest absolute Gasteiger partial charge is 0.334 e. The van der Waals surface area contributed by atoms with Crippen molar-refractivity contribution in [3.05, 3.63) is 46.2 Å². The fourth-order valence-electron chi connectivity index (χ4n) is 3.31. The molecule has 0 aliphatic carbocycles. The van der Waals surface area contributed by atoms with Crippen molar-refractivity contribution in [2.75, 3.05) is 25.5 Å². The van der Waals surface area contributed by atoms with Gasteiger partial charge in [-0.1, -0.05) is 0 Å². The highest BCUT2D eigenvalue weighted by Crippen LogP contribution is 2.33. The number of hydrogen-bond acceptors (Lipinski definition) is 5. The third-order valence-electron chi connectivity index (χ3n) is 4.84. The number of carbonyl (C=O) groups excluding carboxylic acids is 2. The number of carbonyl (C=O) groups is 2. The number of thiophene rings is 1. The Morgan fingerprint density at radius 2 is 1.93 bits per heavy atom. The molecule has 0 bridgehead atoms. The molecular weight excluding hydrogens is 398 g/mol. The van der Waals surface area contributed by atoms with Crippen molar-refractivity contribution in [3.8, 4) is 0 Å². The van der Waals surface area contributed by atoms with Crippen LogP contribution in [-0.4, -0.2) is 49.6 Å². The Labute approximate surface area is 169 Å². The first-order chi connectivity index (χ1) is 13.2. The highest BCUT2D eigenvalue weighted by Gasteiger charge is 2.31. The number of fused-ring (bicyclic) bond motifs is 1. The molecule has 1 atom stereocenters. The van der Waals surface area contributed by atoms with Gasteiger partial charge in [-0.05, 0) is 54.6 Å². The van der Waals surface area contributed by atoms with Crippen LogP contribution in [0.5, 0.6) is 0 Å². The van der Waals surface area contributed by atoms with Crippen LogP contribution in [0.25, 0.3) is 0 Å². The molecule has 1 aliphatic rings. The summed E-state index contributed by atoms with van der Waals surface area (Å²) in [7, 11) is -2.41. The minimum atomic E-state index is -3.81. The number of likely N-dealkylation sites (N-methyl/N-ethyl adjacent to an activating group) is 1. The molecule has 9 heteroatoms. The van der Waals surface area contributed by atoms with E-state index in [1.807, 2.05) is 18.4 Å². The van der Waals surface area contributed by atoms with E-state index in [0.717, 1.165) is 16.3 Å². The highest BCUT2D eigenvalue weighted by atomic mass is 32.2. The molecule has 1 aliphatic heterocycles.